The molecule has 0 spiro atoms. The number of hydrogen-bond acceptors (Lipinski definition) is 24. The third-order valence-corrected chi connectivity index (χ3v) is 9.66. The number of aliphatic hydroxyl groups is 19. The molecule has 1 saturated carbocycles. The van der Waals surface area contributed by atoms with Crippen molar-refractivity contribution >= 4 is 0 Å². The van der Waals surface area contributed by atoms with Gasteiger partial charge in [-0.15, -0.1) is 0 Å². The third kappa shape index (κ3) is 13.8. The summed E-state index contributed by atoms with van der Waals surface area (Å²) < 4.78 is 24.9. The smallest absolute Gasteiger partial charge is 0.187 e. The average molecular weight is 817 g/mol. The molecule has 4 aliphatic heterocycles. The lowest BCUT2D eigenvalue weighted by molar-refractivity contribution is -0.355. The van der Waals surface area contributed by atoms with Gasteiger partial charge in [0.05, 0.1) is 56.9 Å². The summed E-state index contributed by atoms with van der Waals surface area (Å²) in [6, 6.07) is 0. The van der Waals surface area contributed by atoms with E-state index >= 15 is 0 Å². The quantitative estimate of drug-likeness (QED) is 0.118. The van der Waals surface area contributed by atoms with Crippen LogP contribution in [0.15, 0.2) is 0 Å². The summed E-state index contributed by atoms with van der Waals surface area (Å²) in [5, 5.41) is 175. The van der Waals surface area contributed by atoms with E-state index < -0.39 is 142 Å². The van der Waals surface area contributed by atoms with E-state index in [1.165, 1.54) is 0 Å². The van der Waals surface area contributed by atoms with Gasteiger partial charge >= 0.3 is 0 Å². The average Bonchev–Trinajstić information content (AvgIpc) is 3.17. The van der Waals surface area contributed by atoms with E-state index in [1.54, 1.807) is 6.92 Å². The highest BCUT2D eigenvalue weighted by Crippen LogP contribution is 2.29. The molecule has 0 amide bonds. The minimum absolute atomic E-state index is 0.0408. The van der Waals surface area contributed by atoms with Gasteiger partial charge in [-0.05, 0) is 25.7 Å². The summed E-state index contributed by atoms with van der Waals surface area (Å²) in [4.78, 5) is 0. The lowest BCUT2D eigenvalue weighted by Crippen LogP contribution is -2.64. The van der Waals surface area contributed by atoms with Gasteiger partial charge in [-0.3, -0.25) is 0 Å². The van der Waals surface area contributed by atoms with Crippen LogP contribution in [0.4, 0.5) is 0 Å². The summed E-state index contributed by atoms with van der Waals surface area (Å²) in [5.74, 6) is -0.0802. The Morgan fingerprint density at radius 3 is 1.49 bits per heavy atom. The molecule has 0 aromatic heterocycles. The molecule has 4 heterocycles. The first-order chi connectivity index (χ1) is 25.7. The van der Waals surface area contributed by atoms with Crippen LogP contribution >= 0.6 is 0 Å². The maximum atomic E-state index is 9.94. The van der Waals surface area contributed by atoms with E-state index in [9.17, 15) is 35.7 Å². The predicted molar refractivity (Wildman–Crippen MR) is 174 cm³/mol. The van der Waals surface area contributed by atoms with Crippen molar-refractivity contribution in [2.24, 2.45) is 5.92 Å². The largest absolute Gasteiger partial charge is 0.396 e. The zero-order valence-corrected chi connectivity index (χ0v) is 29.9. The van der Waals surface area contributed by atoms with Gasteiger partial charge in [-0.1, -0.05) is 0 Å². The van der Waals surface area contributed by atoms with Crippen LogP contribution in [0.3, 0.4) is 0 Å². The molecule has 4 saturated heterocycles. The van der Waals surface area contributed by atoms with Gasteiger partial charge in [0.25, 0.3) is 0 Å². The van der Waals surface area contributed by atoms with Crippen molar-refractivity contribution in [1.82, 2.24) is 0 Å². The molecule has 5 rings (SSSR count). The topological polar surface area (TPSA) is 431 Å². The molecule has 20 atom stereocenters. The molecule has 24 nitrogen and oxygen atoms in total. The first kappa shape index (κ1) is 50.2. The van der Waals surface area contributed by atoms with Crippen molar-refractivity contribution in [2.45, 2.75) is 155 Å². The third-order valence-electron chi connectivity index (χ3n) is 9.66. The second kappa shape index (κ2) is 23.6. The monoisotopic (exact) mass is 816 g/mol. The molecule has 0 radical (unpaired) electrons. The van der Waals surface area contributed by atoms with E-state index in [0.29, 0.717) is 12.8 Å². The van der Waals surface area contributed by atoms with Crippen molar-refractivity contribution in [3.63, 3.8) is 0 Å². The Kier molecular flexibility index (Phi) is 21.5. The molecule has 1 aliphatic carbocycles. The van der Waals surface area contributed by atoms with Gasteiger partial charge in [0, 0.05) is 13.0 Å². The van der Waals surface area contributed by atoms with Crippen LogP contribution in [0.5, 0.6) is 0 Å². The first-order valence-corrected chi connectivity index (χ1v) is 17.6. The second-order valence-electron chi connectivity index (χ2n) is 13.9. The molecule has 328 valence electrons. The molecule has 0 aromatic carbocycles. The Labute approximate surface area is 314 Å². The minimum atomic E-state index is -1.74. The van der Waals surface area contributed by atoms with E-state index in [0.717, 1.165) is 0 Å². The summed E-state index contributed by atoms with van der Waals surface area (Å²) >= 11 is 0. The molecule has 5 aliphatic rings. The van der Waals surface area contributed by atoms with Crippen LogP contribution in [0.1, 0.15) is 26.2 Å². The summed E-state index contributed by atoms with van der Waals surface area (Å²) in [7, 11) is 0. The van der Waals surface area contributed by atoms with Crippen LogP contribution in [0, 0.1) is 5.92 Å². The van der Waals surface area contributed by atoms with Crippen LogP contribution in [-0.4, -0.2) is 259 Å². The minimum Gasteiger partial charge on any atom is -0.396 e. The highest BCUT2D eigenvalue weighted by Gasteiger charge is 2.50. The Morgan fingerprint density at radius 1 is 0.455 bits per heavy atom. The van der Waals surface area contributed by atoms with Crippen LogP contribution in [0.2, 0.25) is 0 Å². The van der Waals surface area contributed by atoms with Crippen molar-refractivity contribution in [1.29, 1.82) is 0 Å². The van der Waals surface area contributed by atoms with E-state index in [1.807, 2.05) is 0 Å². The molecular formula is C31H60O24. The maximum absolute atomic E-state index is 9.94. The standard InChI is InChI=1S/C12H22O11.C7H14O4.C6H12O5.C6H12O4/c13-1-3-5(15)6(16)9(19)12(22-3)23-10-4(2-14)21-11(20)8(18)7(10)17;8-3-4-1-5(9)7(11)6(10)2-4;7-2-3-1-4(8)5(9)6(10)11-3;1-3-5(8)6(9)4(7)2-10-3/h3-20H,1-2H2;4-11H,1-3H2;3-10H,1-2H2;3-9H,2H2,1H3. The fourth-order valence-corrected chi connectivity index (χ4v) is 6.04. The fraction of sp³-hybridized carbons (Fsp3) is 1.00. The van der Waals surface area contributed by atoms with Crippen molar-refractivity contribution < 1.29 is 121 Å². The molecular weight excluding hydrogens is 756 g/mol. The summed E-state index contributed by atoms with van der Waals surface area (Å²) in [6.07, 6.45) is -25.1. The molecule has 0 bridgehead atoms. The molecule has 5 fully saturated rings. The lowest BCUT2D eigenvalue weighted by Gasteiger charge is -2.45. The zero-order valence-electron chi connectivity index (χ0n) is 29.9. The number of aliphatic hydroxyl groups excluding tert-OH is 19. The molecule has 0 aromatic rings. The van der Waals surface area contributed by atoms with Crippen LogP contribution in [0.25, 0.3) is 0 Å². The van der Waals surface area contributed by atoms with Crippen molar-refractivity contribution in [3.05, 3.63) is 0 Å². The van der Waals surface area contributed by atoms with Crippen molar-refractivity contribution in [3.8, 4) is 0 Å². The fourth-order valence-electron chi connectivity index (χ4n) is 6.04. The normalized spacial score (nSPS) is 48.9. The Bertz CT molecular complexity index is 978. The Morgan fingerprint density at radius 2 is 1.00 bits per heavy atom. The van der Waals surface area contributed by atoms with Gasteiger partial charge in [-0.2, -0.15) is 0 Å². The molecule has 24 heteroatoms. The Balaban J connectivity index is 0.000000275. The highest BCUT2D eigenvalue weighted by molar-refractivity contribution is 4.94. The van der Waals surface area contributed by atoms with Gasteiger partial charge in [0.15, 0.2) is 18.9 Å². The molecule has 55 heavy (non-hydrogen) atoms. The molecule has 19 N–H and O–H groups in total. The SMILES string of the molecule is CC1OCC(O)C(O)C1O.OCC1CC(O)C(O)C(O)C1.OCC1CC(O)C(O)C(O)O1.OCC1OC(OC2C(CO)OC(O)C(O)C2O)C(O)C(O)C1O. The molecule has 20 unspecified atom stereocenters. The van der Waals surface area contributed by atoms with Gasteiger partial charge in [0.1, 0.15) is 79.4 Å². The van der Waals surface area contributed by atoms with E-state index in [4.69, 9.17) is 85.0 Å². The number of hydrogen-bond donors (Lipinski definition) is 19. The van der Waals surface area contributed by atoms with Crippen LogP contribution in [-0.2, 0) is 23.7 Å². The predicted octanol–water partition coefficient (Wildman–Crippen LogP) is -10.6. The maximum Gasteiger partial charge on any atom is 0.187 e. The summed E-state index contributed by atoms with van der Waals surface area (Å²) in [5.41, 5.74) is 0. The lowest BCUT2D eigenvalue weighted by atomic mass is 9.84. The van der Waals surface area contributed by atoms with E-state index in [-0.39, 0.29) is 32.2 Å². The van der Waals surface area contributed by atoms with Gasteiger partial charge < -0.3 is 121 Å². The first-order valence-electron chi connectivity index (χ1n) is 17.6. The highest BCUT2D eigenvalue weighted by atomic mass is 16.7. The summed E-state index contributed by atoms with van der Waals surface area (Å²) in [6.45, 7) is 0.100. The van der Waals surface area contributed by atoms with Crippen LogP contribution < -0.4 is 0 Å². The second-order valence-corrected chi connectivity index (χ2v) is 13.9. The number of ether oxygens (including phenoxy) is 5. The zero-order chi connectivity index (χ0) is 41.9. The van der Waals surface area contributed by atoms with E-state index in [2.05, 4.69) is 0 Å². The Hall–Kier alpha value is -0.960. The number of rotatable bonds is 6. The van der Waals surface area contributed by atoms with Crippen molar-refractivity contribution in [2.75, 3.05) is 33.0 Å². The van der Waals surface area contributed by atoms with Gasteiger partial charge in [0.2, 0.25) is 0 Å². The van der Waals surface area contributed by atoms with Gasteiger partial charge in [-0.25, -0.2) is 0 Å².